The second-order valence-electron chi connectivity index (χ2n) is 10.5. The summed E-state index contributed by atoms with van der Waals surface area (Å²) in [6.45, 7) is 7.27. The number of hydrogen-bond acceptors (Lipinski definition) is 9. The van der Waals surface area contributed by atoms with Gasteiger partial charge in [-0.1, -0.05) is 24.8 Å². The zero-order chi connectivity index (χ0) is 31.5. The van der Waals surface area contributed by atoms with Gasteiger partial charge < -0.3 is 25.2 Å². The predicted molar refractivity (Wildman–Crippen MR) is 173 cm³/mol. The van der Waals surface area contributed by atoms with Crippen LogP contribution in [0.15, 0.2) is 90.4 Å². The maximum atomic E-state index is 14.9. The van der Waals surface area contributed by atoms with Crippen molar-refractivity contribution < 1.29 is 13.9 Å². The van der Waals surface area contributed by atoms with Crippen LogP contribution >= 0.6 is 0 Å². The molecule has 11 nitrogen and oxygen atoms in total. The van der Waals surface area contributed by atoms with Crippen molar-refractivity contribution >= 4 is 40.1 Å². The van der Waals surface area contributed by atoms with Crippen molar-refractivity contribution in [1.29, 1.82) is 0 Å². The Kier molecular flexibility index (Phi) is 8.21. The number of amides is 1. The first-order valence-electron chi connectivity index (χ1n) is 14.3. The number of hydrogen-bond donors (Lipinski definition) is 2. The minimum absolute atomic E-state index is 0.0432. The van der Waals surface area contributed by atoms with E-state index in [4.69, 9.17) is 4.74 Å². The van der Waals surface area contributed by atoms with Gasteiger partial charge in [-0.25, -0.2) is 14.4 Å². The van der Waals surface area contributed by atoms with E-state index in [0.29, 0.717) is 22.8 Å². The van der Waals surface area contributed by atoms with Crippen LogP contribution in [-0.2, 0) is 4.79 Å². The molecule has 6 rings (SSSR count). The molecule has 0 spiro atoms. The van der Waals surface area contributed by atoms with Crippen molar-refractivity contribution in [2.75, 3.05) is 55.9 Å². The van der Waals surface area contributed by atoms with Crippen LogP contribution in [-0.4, -0.2) is 70.7 Å². The maximum Gasteiger partial charge on any atom is 0.283 e. The fourth-order valence-corrected chi connectivity index (χ4v) is 5.19. The highest BCUT2D eigenvalue weighted by Gasteiger charge is 2.20. The van der Waals surface area contributed by atoms with Crippen LogP contribution in [0.2, 0.25) is 0 Å². The van der Waals surface area contributed by atoms with E-state index in [-0.39, 0.29) is 28.4 Å². The molecule has 0 radical (unpaired) electrons. The average molecular weight is 607 g/mol. The number of aromatic nitrogens is 4. The highest BCUT2D eigenvalue weighted by Crippen LogP contribution is 2.32. The largest absolute Gasteiger partial charge is 0.494 e. The molecule has 0 unspecified atom stereocenters. The smallest absolute Gasteiger partial charge is 0.283 e. The van der Waals surface area contributed by atoms with E-state index in [1.165, 1.54) is 29.0 Å². The molecule has 45 heavy (non-hydrogen) atoms. The number of carbonyl (C=O) groups excluding carboxylic acids is 1. The molecule has 1 fully saturated rings. The molecule has 3 aromatic carbocycles. The second kappa shape index (κ2) is 12.5. The molecule has 0 bridgehead atoms. The Morgan fingerprint density at radius 3 is 2.56 bits per heavy atom. The quantitative estimate of drug-likeness (QED) is 0.244. The molecule has 1 aliphatic rings. The van der Waals surface area contributed by atoms with E-state index in [9.17, 15) is 14.0 Å². The fourth-order valence-electron chi connectivity index (χ4n) is 5.19. The molecule has 228 valence electrons. The zero-order valence-corrected chi connectivity index (χ0v) is 24.8. The number of ether oxygens (including phenoxy) is 1. The van der Waals surface area contributed by atoms with Crippen molar-refractivity contribution in [2.45, 2.75) is 0 Å². The fraction of sp³-hybridized carbons (Fsp3) is 0.182. The molecule has 0 saturated carbocycles. The lowest BCUT2D eigenvalue weighted by Gasteiger charge is -2.34. The van der Waals surface area contributed by atoms with Gasteiger partial charge in [0, 0.05) is 49.2 Å². The van der Waals surface area contributed by atoms with Gasteiger partial charge in [-0.3, -0.25) is 14.2 Å². The Hall–Kier alpha value is -5.62. The van der Waals surface area contributed by atoms with Crippen molar-refractivity contribution in [3.63, 3.8) is 0 Å². The van der Waals surface area contributed by atoms with Gasteiger partial charge in [-0.2, -0.15) is 4.98 Å². The number of nitrogens with zero attached hydrogens (tertiary/aromatic N) is 6. The van der Waals surface area contributed by atoms with Crippen molar-refractivity contribution in [1.82, 2.24) is 24.4 Å². The monoisotopic (exact) mass is 606 g/mol. The summed E-state index contributed by atoms with van der Waals surface area (Å²) >= 11 is 0. The third kappa shape index (κ3) is 6.08. The van der Waals surface area contributed by atoms with E-state index in [0.717, 1.165) is 37.9 Å². The van der Waals surface area contributed by atoms with Gasteiger partial charge in [0.25, 0.3) is 5.56 Å². The van der Waals surface area contributed by atoms with Gasteiger partial charge in [-0.05, 0) is 55.6 Å². The minimum atomic E-state index is -0.599. The Labute approximate surface area is 258 Å². The third-order valence-electron chi connectivity index (χ3n) is 7.59. The summed E-state index contributed by atoms with van der Waals surface area (Å²) < 4.78 is 21.9. The lowest BCUT2D eigenvalue weighted by Crippen LogP contribution is -2.44. The lowest BCUT2D eigenvalue weighted by molar-refractivity contribution is -0.111. The molecule has 2 N–H and O–H groups in total. The number of anilines is 4. The number of methoxy groups -OCH3 is 1. The number of rotatable bonds is 8. The van der Waals surface area contributed by atoms with Gasteiger partial charge in [0.2, 0.25) is 11.9 Å². The first kappa shape index (κ1) is 29.5. The molecular weight excluding hydrogens is 575 g/mol. The molecule has 5 aromatic rings. The van der Waals surface area contributed by atoms with E-state index in [1.54, 1.807) is 37.4 Å². The molecule has 0 aliphatic carbocycles. The summed E-state index contributed by atoms with van der Waals surface area (Å²) in [6.07, 6.45) is 2.62. The Morgan fingerprint density at radius 2 is 1.80 bits per heavy atom. The van der Waals surface area contributed by atoms with E-state index < -0.39 is 17.3 Å². The lowest BCUT2D eigenvalue weighted by atomic mass is 10.1. The molecule has 3 heterocycles. The first-order chi connectivity index (χ1) is 21.8. The number of carbonyl (C=O) groups is 1. The van der Waals surface area contributed by atoms with Gasteiger partial charge in [0.05, 0.1) is 24.7 Å². The van der Waals surface area contributed by atoms with E-state index in [2.05, 4.69) is 49.0 Å². The molecule has 0 atom stereocenters. The summed E-state index contributed by atoms with van der Waals surface area (Å²) in [5, 5.41) is 5.91. The van der Waals surface area contributed by atoms with Gasteiger partial charge in [0.15, 0.2) is 5.65 Å². The molecule has 1 amide bonds. The summed E-state index contributed by atoms with van der Waals surface area (Å²) in [5.74, 6) is -0.206. The van der Waals surface area contributed by atoms with Gasteiger partial charge in [-0.15, -0.1) is 0 Å². The topological polar surface area (TPSA) is 118 Å². The highest BCUT2D eigenvalue weighted by atomic mass is 19.1. The Bertz CT molecular complexity index is 1970. The number of nitrogens with one attached hydrogen (secondary N) is 2. The second-order valence-corrected chi connectivity index (χ2v) is 10.5. The highest BCUT2D eigenvalue weighted by molar-refractivity contribution is 5.99. The predicted octanol–water partition coefficient (Wildman–Crippen LogP) is 4.61. The molecule has 12 heteroatoms. The number of fused-ring (bicyclic) bond motifs is 1. The average Bonchev–Trinajstić information content (AvgIpc) is 3.05. The van der Waals surface area contributed by atoms with Gasteiger partial charge in [0.1, 0.15) is 22.8 Å². The van der Waals surface area contributed by atoms with Crippen LogP contribution in [0.1, 0.15) is 0 Å². The molecule has 1 aliphatic heterocycles. The molecule has 2 aromatic heterocycles. The number of likely N-dealkylation sites (N-methyl/N-ethyl adjacent to an activating group) is 1. The van der Waals surface area contributed by atoms with E-state index >= 15 is 0 Å². The standard InChI is InChI=1S/C33H31FN8O3/c1-4-29(43)36-21-8-7-9-23(18-21)42-31-27(37-30(32(42)44)24-10-5-6-11-25(24)34)20-35-33(39-31)38-26-13-12-22(19-28(26)45-3)41-16-14-40(2)15-17-41/h4-13,18-20H,1,14-17H2,2-3H3,(H,36,43)(H,35,38,39). The molecule has 1 saturated heterocycles. The van der Waals surface area contributed by atoms with Crippen LogP contribution in [0.5, 0.6) is 5.75 Å². The van der Waals surface area contributed by atoms with Crippen LogP contribution < -0.4 is 25.8 Å². The number of piperazine rings is 1. The normalized spacial score (nSPS) is 13.4. The third-order valence-corrected chi connectivity index (χ3v) is 7.59. The number of halogens is 1. The summed E-state index contributed by atoms with van der Waals surface area (Å²) in [6, 6.07) is 18.5. The maximum absolute atomic E-state index is 14.9. The Morgan fingerprint density at radius 1 is 1.00 bits per heavy atom. The van der Waals surface area contributed by atoms with Crippen LogP contribution in [0.3, 0.4) is 0 Å². The summed E-state index contributed by atoms with van der Waals surface area (Å²) in [5.41, 5.74) is 2.27. The van der Waals surface area contributed by atoms with Crippen molar-refractivity contribution in [3.8, 4) is 22.7 Å². The Balaban J connectivity index is 1.44. The minimum Gasteiger partial charge on any atom is -0.494 e. The van der Waals surface area contributed by atoms with Crippen LogP contribution in [0, 0.1) is 5.82 Å². The van der Waals surface area contributed by atoms with Gasteiger partial charge >= 0.3 is 0 Å². The van der Waals surface area contributed by atoms with Crippen molar-refractivity contribution in [2.24, 2.45) is 0 Å². The van der Waals surface area contributed by atoms with Crippen LogP contribution in [0.4, 0.5) is 27.4 Å². The SMILES string of the molecule is C=CC(=O)Nc1cccc(-n2c(=O)c(-c3ccccc3F)nc3cnc(Nc4ccc(N5CCN(C)CC5)cc4OC)nc32)c1. The zero-order valence-electron chi connectivity index (χ0n) is 24.8. The van der Waals surface area contributed by atoms with E-state index in [1.807, 2.05) is 18.2 Å². The first-order valence-corrected chi connectivity index (χ1v) is 14.3. The molecular formula is C33H31FN8O3. The summed E-state index contributed by atoms with van der Waals surface area (Å²) in [4.78, 5) is 44.2. The van der Waals surface area contributed by atoms with Crippen LogP contribution in [0.25, 0.3) is 28.1 Å². The number of benzene rings is 3. The van der Waals surface area contributed by atoms with Crippen molar-refractivity contribution in [3.05, 3.63) is 102 Å². The summed E-state index contributed by atoms with van der Waals surface area (Å²) in [7, 11) is 3.71.